The second kappa shape index (κ2) is 6.88. The second-order valence-corrected chi connectivity index (χ2v) is 6.82. The fourth-order valence-corrected chi connectivity index (χ4v) is 3.38. The van der Waals surface area contributed by atoms with Crippen LogP contribution in [0.15, 0.2) is 22.7 Å². The number of hydrogen-bond donors (Lipinski definition) is 1. The van der Waals surface area contributed by atoms with Gasteiger partial charge in [0, 0.05) is 12.1 Å². The van der Waals surface area contributed by atoms with Crippen LogP contribution in [0.5, 0.6) is 0 Å². The van der Waals surface area contributed by atoms with Crippen molar-refractivity contribution in [1.82, 2.24) is 10.2 Å². The molecule has 0 saturated heterocycles. The van der Waals surface area contributed by atoms with E-state index < -0.39 is 5.82 Å². The lowest BCUT2D eigenvalue weighted by molar-refractivity contribution is 0.0796. The highest BCUT2D eigenvalue weighted by Crippen LogP contribution is 2.31. The molecule has 0 radical (unpaired) electrons. The van der Waals surface area contributed by atoms with Gasteiger partial charge < -0.3 is 10.2 Å². The van der Waals surface area contributed by atoms with Crippen molar-refractivity contribution >= 4 is 21.8 Å². The van der Waals surface area contributed by atoms with Crippen LogP contribution in [0.25, 0.3) is 0 Å². The van der Waals surface area contributed by atoms with Gasteiger partial charge in [-0.25, -0.2) is 4.39 Å². The van der Waals surface area contributed by atoms with Crippen LogP contribution in [-0.2, 0) is 0 Å². The van der Waals surface area contributed by atoms with E-state index in [0.717, 1.165) is 12.8 Å². The van der Waals surface area contributed by atoms with Crippen molar-refractivity contribution in [1.29, 1.82) is 0 Å². The number of nitrogens with zero attached hydrogens (tertiary/aromatic N) is 1. The summed E-state index contributed by atoms with van der Waals surface area (Å²) in [5.41, 5.74) is 0.0882. The van der Waals surface area contributed by atoms with Crippen LogP contribution in [0, 0.1) is 5.82 Å². The van der Waals surface area contributed by atoms with Gasteiger partial charge in [-0.2, -0.15) is 0 Å². The quantitative estimate of drug-likeness (QED) is 0.893. The van der Waals surface area contributed by atoms with E-state index >= 15 is 0 Å². The Hall–Kier alpha value is -0.940. The molecule has 21 heavy (non-hydrogen) atoms. The third-order valence-electron chi connectivity index (χ3n) is 4.51. The monoisotopic (exact) mass is 356 g/mol. The van der Waals surface area contributed by atoms with E-state index in [0.29, 0.717) is 11.0 Å². The predicted octanol–water partition coefficient (Wildman–Crippen LogP) is 3.58. The molecule has 1 aromatic carbocycles. The van der Waals surface area contributed by atoms with Crippen LogP contribution in [0.2, 0.25) is 0 Å². The van der Waals surface area contributed by atoms with Gasteiger partial charge in [-0.05, 0) is 55.0 Å². The average Bonchev–Trinajstić information content (AvgIpc) is 2.48. The van der Waals surface area contributed by atoms with Crippen molar-refractivity contribution < 1.29 is 9.18 Å². The molecule has 1 N–H and O–H groups in total. The Bertz CT molecular complexity index is 513. The van der Waals surface area contributed by atoms with E-state index in [1.54, 1.807) is 12.1 Å². The topological polar surface area (TPSA) is 32.3 Å². The number of amides is 1. The van der Waals surface area contributed by atoms with Crippen LogP contribution in [0.3, 0.4) is 0 Å². The normalized spacial score (nSPS) is 17.8. The molecule has 0 spiro atoms. The van der Waals surface area contributed by atoms with Crippen LogP contribution < -0.4 is 5.32 Å². The number of nitrogens with one attached hydrogen (secondary N) is 1. The van der Waals surface area contributed by atoms with Crippen molar-refractivity contribution in [3.8, 4) is 0 Å². The van der Waals surface area contributed by atoms with Gasteiger partial charge in [0.25, 0.3) is 5.91 Å². The Morgan fingerprint density at radius 3 is 2.62 bits per heavy atom. The molecular weight excluding hydrogens is 335 g/mol. The molecule has 5 heteroatoms. The summed E-state index contributed by atoms with van der Waals surface area (Å²) in [6.45, 7) is 0.560. The van der Waals surface area contributed by atoms with Crippen molar-refractivity contribution in [3.05, 3.63) is 34.1 Å². The Balaban J connectivity index is 2.07. The minimum atomic E-state index is -0.502. The van der Waals surface area contributed by atoms with Crippen molar-refractivity contribution in [3.63, 3.8) is 0 Å². The Morgan fingerprint density at radius 1 is 1.33 bits per heavy atom. The minimum Gasteiger partial charge on any atom is -0.350 e. The maximum absolute atomic E-state index is 14.0. The molecule has 1 aliphatic carbocycles. The number of carbonyl (C=O) groups excluding carboxylic acids is 1. The molecule has 0 aliphatic heterocycles. The lowest BCUT2D eigenvalue weighted by atomic mass is 9.80. The van der Waals surface area contributed by atoms with Crippen LogP contribution >= 0.6 is 15.9 Å². The zero-order valence-electron chi connectivity index (χ0n) is 12.6. The van der Waals surface area contributed by atoms with Gasteiger partial charge in [0.2, 0.25) is 0 Å². The molecule has 1 aliphatic rings. The zero-order chi connectivity index (χ0) is 15.5. The van der Waals surface area contributed by atoms with E-state index in [4.69, 9.17) is 0 Å². The number of carbonyl (C=O) groups is 1. The average molecular weight is 357 g/mol. The van der Waals surface area contributed by atoms with E-state index in [9.17, 15) is 9.18 Å². The predicted molar refractivity (Wildman–Crippen MR) is 85.9 cm³/mol. The summed E-state index contributed by atoms with van der Waals surface area (Å²) in [5, 5.41) is 2.92. The smallest absolute Gasteiger partial charge is 0.254 e. The lowest BCUT2D eigenvalue weighted by Gasteiger charge is -2.43. The van der Waals surface area contributed by atoms with Crippen LogP contribution in [0.1, 0.15) is 42.5 Å². The molecule has 116 valence electrons. The van der Waals surface area contributed by atoms with Crippen LogP contribution in [-0.4, -0.2) is 37.0 Å². The van der Waals surface area contributed by atoms with Gasteiger partial charge in [0.05, 0.1) is 10.0 Å². The first-order valence-corrected chi connectivity index (χ1v) is 8.15. The molecule has 1 amide bonds. The summed E-state index contributed by atoms with van der Waals surface area (Å²) in [4.78, 5) is 14.4. The summed E-state index contributed by atoms with van der Waals surface area (Å²) in [6.07, 6.45) is 5.75. The Morgan fingerprint density at radius 2 is 2.00 bits per heavy atom. The summed E-state index contributed by atoms with van der Waals surface area (Å²) in [7, 11) is 4.11. The molecule has 0 aromatic heterocycles. The molecule has 3 nitrogen and oxygen atoms in total. The molecule has 2 rings (SSSR count). The molecule has 0 heterocycles. The fraction of sp³-hybridized carbons (Fsp3) is 0.562. The first-order valence-electron chi connectivity index (χ1n) is 7.36. The zero-order valence-corrected chi connectivity index (χ0v) is 14.2. The van der Waals surface area contributed by atoms with E-state index in [1.165, 1.54) is 25.3 Å². The van der Waals surface area contributed by atoms with Gasteiger partial charge in [-0.15, -0.1) is 0 Å². The van der Waals surface area contributed by atoms with E-state index in [-0.39, 0.29) is 17.0 Å². The minimum absolute atomic E-state index is 0.00357. The molecule has 1 aromatic rings. The van der Waals surface area contributed by atoms with E-state index in [1.807, 2.05) is 0 Å². The highest BCUT2D eigenvalue weighted by molar-refractivity contribution is 9.10. The summed E-state index contributed by atoms with van der Waals surface area (Å²) >= 11 is 3.11. The van der Waals surface area contributed by atoms with Gasteiger partial charge >= 0.3 is 0 Å². The van der Waals surface area contributed by atoms with Gasteiger partial charge in [-0.1, -0.05) is 25.3 Å². The first-order chi connectivity index (χ1) is 9.96. The molecule has 0 unspecified atom stereocenters. The van der Waals surface area contributed by atoms with Gasteiger partial charge in [-0.3, -0.25) is 4.79 Å². The molecule has 1 saturated carbocycles. The number of benzene rings is 1. The standard InChI is InChI=1S/C16H22BrFN2O/c1-20(2)16(9-4-3-5-10-16)11-19-15(21)12-7-6-8-13(17)14(12)18/h6-8H,3-5,9-11H2,1-2H3,(H,19,21). The van der Waals surface area contributed by atoms with Gasteiger partial charge in [0.1, 0.15) is 5.82 Å². The number of hydrogen-bond acceptors (Lipinski definition) is 2. The third kappa shape index (κ3) is 3.64. The van der Waals surface area contributed by atoms with Crippen molar-refractivity contribution in [2.24, 2.45) is 0 Å². The summed E-state index contributed by atoms with van der Waals surface area (Å²) in [6, 6.07) is 4.78. The number of rotatable bonds is 4. The Kier molecular flexibility index (Phi) is 5.38. The maximum atomic E-state index is 14.0. The molecular formula is C16H22BrFN2O. The molecule has 0 atom stereocenters. The largest absolute Gasteiger partial charge is 0.350 e. The lowest BCUT2D eigenvalue weighted by Crippen LogP contribution is -2.53. The second-order valence-electron chi connectivity index (χ2n) is 5.96. The highest BCUT2D eigenvalue weighted by atomic mass is 79.9. The fourth-order valence-electron chi connectivity index (χ4n) is 3.01. The summed E-state index contributed by atoms with van der Waals surface area (Å²) in [5.74, 6) is -0.849. The molecule has 0 bridgehead atoms. The number of likely N-dealkylation sites (N-methyl/N-ethyl adjacent to an activating group) is 1. The van der Waals surface area contributed by atoms with Crippen molar-refractivity contribution in [2.45, 2.75) is 37.6 Å². The SMILES string of the molecule is CN(C)C1(CNC(=O)c2cccc(Br)c2F)CCCCC1. The van der Waals surface area contributed by atoms with Gasteiger partial charge in [0.15, 0.2) is 0 Å². The Labute approximate surface area is 134 Å². The number of halogens is 2. The highest BCUT2D eigenvalue weighted by Gasteiger charge is 2.34. The van der Waals surface area contributed by atoms with Crippen LogP contribution in [0.4, 0.5) is 4.39 Å². The summed E-state index contributed by atoms with van der Waals surface area (Å²) < 4.78 is 14.3. The molecule has 1 fully saturated rings. The maximum Gasteiger partial charge on any atom is 0.254 e. The first kappa shape index (κ1) is 16.4. The van der Waals surface area contributed by atoms with Crippen molar-refractivity contribution in [2.75, 3.05) is 20.6 Å². The van der Waals surface area contributed by atoms with E-state index in [2.05, 4.69) is 40.2 Å². The third-order valence-corrected chi connectivity index (χ3v) is 5.12.